The van der Waals surface area contributed by atoms with Crippen LogP contribution in [-0.4, -0.2) is 43.7 Å². The van der Waals surface area contributed by atoms with Gasteiger partial charge in [0.25, 0.3) is 0 Å². The molecule has 4 heteroatoms. The Morgan fingerprint density at radius 2 is 2.18 bits per heavy atom. The minimum Gasteiger partial charge on any atom is -0.383 e. The monoisotopic (exact) mass is 242 g/mol. The van der Waals surface area contributed by atoms with Crippen LogP contribution in [0, 0.1) is 11.8 Å². The molecular formula is C13H26N2O2. The molecular weight excluding hydrogens is 216 g/mol. The van der Waals surface area contributed by atoms with Gasteiger partial charge in [0.05, 0.1) is 6.61 Å². The maximum Gasteiger partial charge on any atom is 0.225 e. The first-order valence-corrected chi connectivity index (χ1v) is 6.58. The van der Waals surface area contributed by atoms with E-state index in [1.54, 1.807) is 7.11 Å². The molecule has 0 saturated heterocycles. The first kappa shape index (κ1) is 14.5. The van der Waals surface area contributed by atoms with Gasteiger partial charge in [-0.05, 0) is 25.2 Å². The van der Waals surface area contributed by atoms with Gasteiger partial charge in [0.1, 0.15) is 0 Å². The Balaban J connectivity index is 2.52. The van der Waals surface area contributed by atoms with Gasteiger partial charge >= 0.3 is 0 Å². The molecule has 0 aromatic heterocycles. The van der Waals surface area contributed by atoms with Crippen molar-refractivity contribution in [3.63, 3.8) is 0 Å². The van der Waals surface area contributed by atoms with Crippen molar-refractivity contribution in [1.82, 2.24) is 4.90 Å². The van der Waals surface area contributed by atoms with E-state index in [-0.39, 0.29) is 17.9 Å². The number of amides is 1. The average Bonchev–Trinajstić information content (AvgIpc) is 2.69. The lowest BCUT2D eigenvalue weighted by Crippen LogP contribution is -2.40. The van der Waals surface area contributed by atoms with Crippen LogP contribution in [0.3, 0.4) is 0 Å². The molecule has 0 bridgehead atoms. The summed E-state index contributed by atoms with van der Waals surface area (Å²) < 4.78 is 5.07. The summed E-state index contributed by atoms with van der Waals surface area (Å²) in [6.45, 7) is 6.38. The maximum atomic E-state index is 12.3. The lowest BCUT2D eigenvalue weighted by atomic mass is 10.1. The number of carbonyl (C=O) groups is 1. The first-order chi connectivity index (χ1) is 8.04. The van der Waals surface area contributed by atoms with Gasteiger partial charge in [-0.1, -0.05) is 13.8 Å². The molecule has 0 unspecified atom stereocenters. The molecule has 0 spiro atoms. The number of ether oxygens (including phenoxy) is 1. The Morgan fingerprint density at radius 3 is 2.65 bits per heavy atom. The number of methoxy groups -OCH3 is 1. The van der Waals surface area contributed by atoms with Crippen LogP contribution < -0.4 is 5.73 Å². The average molecular weight is 242 g/mol. The van der Waals surface area contributed by atoms with Crippen molar-refractivity contribution < 1.29 is 9.53 Å². The molecule has 2 N–H and O–H groups in total. The highest BCUT2D eigenvalue weighted by Gasteiger charge is 2.30. The number of nitrogens with zero attached hydrogens (tertiary/aromatic N) is 1. The normalized spacial score (nSPS) is 24.3. The van der Waals surface area contributed by atoms with Crippen LogP contribution in [0.1, 0.15) is 33.1 Å². The van der Waals surface area contributed by atoms with Crippen LogP contribution in [0.15, 0.2) is 0 Å². The highest BCUT2D eigenvalue weighted by Crippen LogP contribution is 2.26. The topological polar surface area (TPSA) is 55.6 Å². The third-order valence-electron chi connectivity index (χ3n) is 3.28. The van der Waals surface area contributed by atoms with Gasteiger partial charge in [0.2, 0.25) is 5.91 Å². The molecule has 100 valence electrons. The van der Waals surface area contributed by atoms with E-state index >= 15 is 0 Å². The number of carbonyl (C=O) groups excluding carboxylic acids is 1. The number of rotatable bonds is 6. The summed E-state index contributed by atoms with van der Waals surface area (Å²) in [6, 6.07) is 0.215. The molecule has 0 heterocycles. The van der Waals surface area contributed by atoms with E-state index in [4.69, 9.17) is 10.5 Å². The summed E-state index contributed by atoms with van der Waals surface area (Å²) >= 11 is 0. The van der Waals surface area contributed by atoms with E-state index in [0.717, 1.165) is 25.8 Å². The van der Waals surface area contributed by atoms with Gasteiger partial charge in [-0.15, -0.1) is 0 Å². The standard InChI is InChI=1S/C13H26N2O2/c1-10(2)9-15(6-7-17-3)13(16)11-4-5-12(14)8-11/h10-12H,4-9,14H2,1-3H3/t11-,12+/m0/s1. The van der Waals surface area contributed by atoms with Gasteiger partial charge in [-0.2, -0.15) is 0 Å². The van der Waals surface area contributed by atoms with Crippen LogP contribution in [0.5, 0.6) is 0 Å². The van der Waals surface area contributed by atoms with Crippen molar-refractivity contribution >= 4 is 5.91 Å². The predicted molar refractivity (Wildman–Crippen MR) is 68.6 cm³/mol. The van der Waals surface area contributed by atoms with Crippen molar-refractivity contribution in [3.05, 3.63) is 0 Å². The quantitative estimate of drug-likeness (QED) is 0.762. The second-order valence-corrected chi connectivity index (χ2v) is 5.44. The summed E-state index contributed by atoms with van der Waals surface area (Å²) in [7, 11) is 1.67. The third kappa shape index (κ3) is 4.64. The first-order valence-electron chi connectivity index (χ1n) is 6.58. The zero-order valence-corrected chi connectivity index (χ0v) is 11.3. The van der Waals surface area contributed by atoms with Crippen molar-refractivity contribution in [2.75, 3.05) is 26.8 Å². The van der Waals surface area contributed by atoms with Crippen LogP contribution in [0.25, 0.3) is 0 Å². The molecule has 4 nitrogen and oxygen atoms in total. The van der Waals surface area contributed by atoms with E-state index in [0.29, 0.717) is 19.1 Å². The molecule has 2 atom stereocenters. The second kappa shape index (κ2) is 6.97. The summed E-state index contributed by atoms with van der Waals surface area (Å²) in [4.78, 5) is 14.3. The molecule has 0 radical (unpaired) electrons. The Morgan fingerprint density at radius 1 is 1.47 bits per heavy atom. The number of hydrogen-bond acceptors (Lipinski definition) is 3. The van der Waals surface area contributed by atoms with E-state index in [2.05, 4.69) is 13.8 Å². The fourth-order valence-corrected chi connectivity index (χ4v) is 2.43. The number of hydrogen-bond donors (Lipinski definition) is 1. The van der Waals surface area contributed by atoms with E-state index in [1.165, 1.54) is 0 Å². The molecule has 1 aliphatic carbocycles. The van der Waals surface area contributed by atoms with Gasteiger partial charge in [0, 0.05) is 32.2 Å². The van der Waals surface area contributed by atoms with Crippen LogP contribution in [0.2, 0.25) is 0 Å². The third-order valence-corrected chi connectivity index (χ3v) is 3.28. The summed E-state index contributed by atoms with van der Waals surface area (Å²) in [6.07, 6.45) is 2.78. The summed E-state index contributed by atoms with van der Waals surface area (Å²) in [5, 5.41) is 0. The fourth-order valence-electron chi connectivity index (χ4n) is 2.43. The largest absolute Gasteiger partial charge is 0.383 e. The minimum absolute atomic E-state index is 0.139. The van der Waals surface area contributed by atoms with Crippen LogP contribution in [0.4, 0.5) is 0 Å². The van der Waals surface area contributed by atoms with Crippen molar-refractivity contribution in [1.29, 1.82) is 0 Å². The van der Waals surface area contributed by atoms with E-state index in [1.807, 2.05) is 4.90 Å². The molecule has 1 aliphatic rings. The summed E-state index contributed by atoms with van der Waals surface area (Å²) in [5.41, 5.74) is 5.87. The molecule has 1 rings (SSSR count). The molecule has 0 aromatic rings. The fraction of sp³-hybridized carbons (Fsp3) is 0.923. The summed E-state index contributed by atoms with van der Waals surface area (Å²) in [5.74, 6) is 0.898. The second-order valence-electron chi connectivity index (χ2n) is 5.44. The number of nitrogens with two attached hydrogens (primary N) is 1. The Labute approximate surface area is 104 Å². The molecule has 0 aromatic carbocycles. The van der Waals surface area contributed by atoms with Gasteiger partial charge in [0.15, 0.2) is 0 Å². The highest BCUT2D eigenvalue weighted by atomic mass is 16.5. The van der Waals surface area contributed by atoms with Crippen molar-refractivity contribution in [2.45, 2.75) is 39.2 Å². The molecule has 1 saturated carbocycles. The smallest absolute Gasteiger partial charge is 0.225 e. The van der Waals surface area contributed by atoms with Gasteiger partial charge < -0.3 is 15.4 Å². The Hall–Kier alpha value is -0.610. The Bertz CT molecular complexity index is 244. The zero-order valence-electron chi connectivity index (χ0n) is 11.3. The lowest BCUT2D eigenvalue weighted by molar-refractivity contribution is -0.136. The van der Waals surface area contributed by atoms with E-state index in [9.17, 15) is 4.79 Å². The molecule has 1 fully saturated rings. The molecule has 1 amide bonds. The maximum absolute atomic E-state index is 12.3. The highest BCUT2D eigenvalue weighted by molar-refractivity contribution is 5.79. The van der Waals surface area contributed by atoms with Crippen molar-refractivity contribution in [3.8, 4) is 0 Å². The zero-order chi connectivity index (χ0) is 12.8. The van der Waals surface area contributed by atoms with Crippen LogP contribution >= 0.6 is 0 Å². The predicted octanol–water partition coefficient (Wildman–Crippen LogP) is 1.24. The molecule has 0 aliphatic heterocycles. The van der Waals surface area contributed by atoms with Gasteiger partial charge in [-0.25, -0.2) is 0 Å². The molecule has 17 heavy (non-hydrogen) atoms. The lowest BCUT2D eigenvalue weighted by Gasteiger charge is -2.27. The van der Waals surface area contributed by atoms with Gasteiger partial charge in [-0.3, -0.25) is 4.79 Å². The van der Waals surface area contributed by atoms with E-state index < -0.39 is 0 Å². The van der Waals surface area contributed by atoms with Crippen molar-refractivity contribution in [2.24, 2.45) is 17.6 Å². The minimum atomic E-state index is 0.139. The Kier molecular flexibility index (Phi) is 5.92. The SMILES string of the molecule is COCCN(CC(C)C)C(=O)[C@H]1CC[C@@H](N)C1. The van der Waals surface area contributed by atoms with Crippen LogP contribution in [-0.2, 0) is 9.53 Å².